The molecule has 1 aromatic carbocycles. The average Bonchev–Trinajstić information content (AvgIpc) is 2.38. The molecule has 102 valence electrons. The molecule has 0 aliphatic rings. The monoisotopic (exact) mass is 260 g/mol. The summed E-state index contributed by atoms with van der Waals surface area (Å²) in [5.74, 6) is 3.59. The molecule has 3 N–H and O–H groups in total. The molecule has 1 rings (SSSR count). The number of rotatable bonds is 8. The summed E-state index contributed by atoms with van der Waals surface area (Å²) < 4.78 is 36.7. The van der Waals surface area contributed by atoms with Gasteiger partial charge in [0.05, 0.1) is 19.3 Å². The first kappa shape index (κ1) is 15.0. The molecule has 0 saturated heterocycles. The summed E-state index contributed by atoms with van der Waals surface area (Å²) in [4.78, 5) is 0. The van der Waals surface area contributed by atoms with Crippen molar-refractivity contribution in [1.29, 1.82) is 0 Å². The van der Waals surface area contributed by atoms with E-state index in [0.29, 0.717) is 26.2 Å². The Morgan fingerprint density at radius 2 is 2.06 bits per heavy atom. The van der Waals surface area contributed by atoms with Gasteiger partial charge in [0.2, 0.25) is 0 Å². The van der Waals surface area contributed by atoms with Crippen LogP contribution in [0.4, 0.5) is 8.78 Å². The lowest BCUT2D eigenvalue weighted by Gasteiger charge is -2.17. The highest BCUT2D eigenvalue weighted by atomic mass is 19.2. The number of halogens is 2. The standard InChI is InChI=1S/C12H18F2N2O2/c1-17-7-8-18-6-5-11(16-15)9-3-2-4-10(13)12(9)14/h2-4,11,16H,5-8,15H2,1H3. The molecule has 1 atom stereocenters. The number of nitrogens with two attached hydrogens (primary N) is 1. The highest BCUT2D eigenvalue weighted by molar-refractivity contribution is 5.22. The number of hydrogen-bond acceptors (Lipinski definition) is 4. The SMILES string of the molecule is COCCOCCC(NN)c1cccc(F)c1F. The molecule has 0 bridgehead atoms. The topological polar surface area (TPSA) is 56.5 Å². The highest BCUT2D eigenvalue weighted by Gasteiger charge is 2.16. The second kappa shape index (κ2) is 8.10. The number of hydrogen-bond donors (Lipinski definition) is 2. The predicted octanol–water partition coefficient (Wildman–Crippen LogP) is 1.52. The fraction of sp³-hybridized carbons (Fsp3) is 0.500. The van der Waals surface area contributed by atoms with Crippen LogP contribution < -0.4 is 11.3 Å². The van der Waals surface area contributed by atoms with Gasteiger partial charge >= 0.3 is 0 Å². The predicted molar refractivity (Wildman–Crippen MR) is 63.7 cm³/mol. The first-order valence-electron chi connectivity index (χ1n) is 5.67. The van der Waals surface area contributed by atoms with Crippen LogP contribution >= 0.6 is 0 Å². The second-order valence-corrected chi connectivity index (χ2v) is 3.76. The third-order valence-corrected chi connectivity index (χ3v) is 2.54. The lowest BCUT2D eigenvalue weighted by molar-refractivity contribution is 0.0656. The Labute approximate surface area is 105 Å². The van der Waals surface area contributed by atoms with Crippen LogP contribution in [0.3, 0.4) is 0 Å². The zero-order chi connectivity index (χ0) is 13.4. The van der Waals surface area contributed by atoms with Crippen molar-refractivity contribution < 1.29 is 18.3 Å². The van der Waals surface area contributed by atoms with Crippen molar-refractivity contribution in [3.63, 3.8) is 0 Å². The molecule has 0 radical (unpaired) electrons. The minimum atomic E-state index is -0.881. The summed E-state index contributed by atoms with van der Waals surface area (Å²) >= 11 is 0. The summed E-state index contributed by atoms with van der Waals surface area (Å²) in [6, 6.07) is 3.53. The van der Waals surface area contributed by atoms with Crippen molar-refractivity contribution in [3.8, 4) is 0 Å². The molecule has 6 heteroatoms. The first-order valence-corrected chi connectivity index (χ1v) is 5.67. The highest BCUT2D eigenvalue weighted by Crippen LogP contribution is 2.21. The van der Waals surface area contributed by atoms with Gasteiger partial charge in [-0.1, -0.05) is 12.1 Å². The van der Waals surface area contributed by atoms with E-state index in [4.69, 9.17) is 15.3 Å². The van der Waals surface area contributed by atoms with E-state index in [0.717, 1.165) is 6.07 Å². The number of nitrogens with one attached hydrogen (secondary N) is 1. The average molecular weight is 260 g/mol. The summed E-state index contributed by atoms with van der Waals surface area (Å²) in [6.07, 6.45) is 0.445. The van der Waals surface area contributed by atoms with Crippen molar-refractivity contribution in [2.24, 2.45) is 5.84 Å². The third kappa shape index (κ3) is 4.30. The summed E-state index contributed by atoms with van der Waals surface area (Å²) in [5, 5.41) is 0. The molecule has 0 aromatic heterocycles. The number of hydrazine groups is 1. The molecule has 0 fully saturated rings. The largest absolute Gasteiger partial charge is 0.382 e. The maximum Gasteiger partial charge on any atom is 0.163 e. The van der Waals surface area contributed by atoms with Crippen LogP contribution in [-0.2, 0) is 9.47 Å². The van der Waals surface area contributed by atoms with E-state index in [1.165, 1.54) is 12.1 Å². The quantitative estimate of drug-likeness (QED) is 0.423. The van der Waals surface area contributed by atoms with Crippen LogP contribution in [0.25, 0.3) is 0 Å². The number of methoxy groups -OCH3 is 1. The normalized spacial score (nSPS) is 12.7. The fourth-order valence-electron chi connectivity index (χ4n) is 1.56. The minimum Gasteiger partial charge on any atom is -0.382 e. The summed E-state index contributed by atoms with van der Waals surface area (Å²) in [6.45, 7) is 1.34. The van der Waals surface area contributed by atoms with Gasteiger partial charge in [0.15, 0.2) is 11.6 Å². The Balaban J connectivity index is 2.52. The molecular formula is C12H18F2N2O2. The van der Waals surface area contributed by atoms with Gasteiger partial charge in [0.1, 0.15) is 0 Å². The minimum absolute atomic E-state index is 0.202. The molecule has 0 heterocycles. The van der Waals surface area contributed by atoms with Gasteiger partial charge in [-0.2, -0.15) is 0 Å². The number of ether oxygens (including phenoxy) is 2. The number of benzene rings is 1. The van der Waals surface area contributed by atoms with Gasteiger partial charge in [0, 0.05) is 19.3 Å². The van der Waals surface area contributed by atoms with E-state index in [1.807, 2.05) is 0 Å². The van der Waals surface area contributed by atoms with Crippen LogP contribution in [0.1, 0.15) is 18.0 Å². The van der Waals surface area contributed by atoms with Crippen LogP contribution in [-0.4, -0.2) is 26.9 Å². The maximum absolute atomic E-state index is 13.5. The van der Waals surface area contributed by atoms with E-state index >= 15 is 0 Å². The van der Waals surface area contributed by atoms with E-state index in [1.54, 1.807) is 7.11 Å². The van der Waals surface area contributed by atoms with Crippen molar-refractivity contribution >= 4 is 0 Å². The third-order valence-electron chi connectivity index (χ3n) is 2.54. The van der Waals surface area contributed by atoms with Crippen LogP contribution in [0.5, 0.6) is 0 Å². The van der Waals surface area contributed by atoms with Gasteiger partial charge in [-0.05, 0) is 12.5 Å². The molecule has 0 saturated carbocycles. The van der Waals surface area contributed by atoms with E-state index in [2.05, 4.69) is 5.43 Å². The maximum atomic E-state index is 13.5. The molecule has 0 aliphatic heterocycles. The van der Waals surface area contributed by atoms with E-state index in [-0.39, 0.29) is 5.56 Å². The van der Waals surface area contributed by atoms with E-state index in [9.17, 15) is 8.78 Å². The zero-order valence-electron chi connectivity index (χ0n) is 10.3. The van der Waals surface area contributed by atoms with Crippen LogP contribution in [0.15, 0.2) is 18.2 Å². The van der Waals surface area contributed by atoms with Gasteiger partial charge in [-0.25, -0.2) is 8.78 Å². The van der Waals surface area contributed by atoms with Crippen molar-refractivity contribution in [3.05, 3.63) is 35.4 Å². The molecule has 18 heavy (non-hydrogen) atoms. The van der Waals surface area contributed by atoms with Gasteiger partial charge < -0.3 is 9.47 Å². The Hall–Kier alpha value is -1.08. The lowest BCUT2D eigenvalue weighted by Crippen LogP contribution is -2.30. The summed E-state index contributed by atoms with van der Waals surface area (Å²) in [5.41, 5.74) is 2.66. The summed E-state index contributed by atoms with van der Waals surface area (Å²) in [7, 11) is 1.58. The van der Waals surface area contributed by atoms with Gasteiger partial charge in [0.25, 0.3) is 0 Å². The van der Waals surface area contributed by atoms with Gasteiger partial charge in [-0.3, -0.25) is 11.3 Å². The van der Waals surface area contributed by atoms with Gasteiger partial charge in [-0.15, -0.1) is 0 Å². The Morgan fingerprint density at radius 3 is 2.72 bits per heavy atom. The molecule has 1 unspecified atom stereocenters. The molecular weight excluding hydrogens is 242 g/mol. The molecule has 0 spiro atoms. The van der Waals surface area contributed by atoms with Crippen LogP contribution in [0, 0.1) is 11.6 Å². The molecule has 1 aromatic rings. The smallest absolute Gasteiger partial charge is 0.163 e. The first-order chi connectivity index (χ1) is 8.70. The van der Waals surface area contributed by atoms with Crippen molar-refractivity contribution in [1.82, 2.24) is 5.43 Å². The Morgan fingerprint density at radius 1 is 1.28 bits per heavy atom. The Kier molecular flexibility index (Phi) is 6.74. The van der Waals surface area contributed by atoms with Crippen molar-refractivity contribution in [2.75, 3.05) is 26.9 Å². The molecule has 4 nitrogen and oxygen atoms in total. The van der Waals surface area contributed by atoms with Crippen molar-refractivity contribution in [2.45, 2.75) is 12.5 Å². The lowest BCUT2D eigenvalue weighted by atomic mass is 10.0. The fourth-order valence-corrected chi connectivity index (χ4v) is 1.56. The van der Waals surface area contributed by atoms with Crippen LogP contribution in [0.2, 0.25) is 0 Å². The second-order valence-electron chi connectivity index (χ2n) is 3.76. The van der Waals surface area contributed by atoms with E-state index < -0.39 is 17.7 Å². The molecule has 0 aliphatic carbocycles. The molecule has 0 amide bonds. The Bertz CT molecular complexity index is 364. The zero-order valence-corrected chi connectivity index (χ0v) is 10.3.